The summed E-state index contributed by atoms with van der Waals surface area (Å²) in [5.74, 6) is 0.203. The number of amides is 1. The molecule has 0 saturated carbocycles. The van der Waals surface area contributed by atoms with Crippen molar-refractivity contribution in [3.8, 4) is 11.5 Å². The van der Waals surface area contributed by atoms with Gasteiger partial charge in [0, 0.05) is 38.1 Å². The summed E-state index contributed by atoms with van der Waals surface area (Å²) in [7, 11) is 0. The van der Waals surface area contributed by atoms with Crippen molar-refractivity contribution in [3.63, 3.8) is 0 Å². The van der Waals surface area contributed by atoms with Crippen LogP contribution in [0.2, 0.25) is 0 Å². The van der Waals surface area contributed by atoms with E-state index in [1.54, 1.807) is 6.07 Å². The zero-order valence-corrected chi connectivity index (χ0v) is 19.2. The molecule has 1 saturated heterocycles. The molecule has 2 N–H and O–H groups in total. The van der Waals surface area contributed by atoms with Crippen molar-refractivity contribution in [2.24, 2.45) is 0 Å². The van der Waals surface area contributed by atoms with E-state index < -0.39 is 0 Å². The third-order valence-electron chi connectivity index (χ3n) is 6.34. The Kier molecular flexibility index (Phi) is 5.70. The molecule has 0 atom stereocenters. The summed E-state index contributed by atoms with van der Waals surface area (Å²) in [6, 6.07) is 25.0. The third kappa shape index (κ3) is 4.39. The van der Waals surface area contributed by atoms with Crippen LogP contribution in [0.1, 0.15) is 16.1 Å². The molecule has 1 fully saturated rings. The summed E-state index contributed by atoms with van der Waals surface area (Å²) in [5.41, 5.74) is 5.23. The molecule has 7 heteroatoms. The number of pyridine rings is 1. The standard InChI is InChI=1S/C28H25N5O2/c34-27(24-13-12-19-6-1-3-9-22(19)30-24)31-23-10-4-2-8-21(23)28-32-26-20(7-5-11-25(26)35-28)18-33-16-14-29-15-17-33/h1-13,29H,14-18H2,(H,31,34). The van der Waals surface area contributed by atoms with Gasteiger partial charge in [-0.3, -0.25) is 9.69 Å². The Hall–Kier alpha value is -4.07. The molecular formula is C28H25N5O2. The van der Waals surface area contributed by atoms with Gasteiger partial charge in [0.1, 0.15) is 11.2 Å². The lowest BCUT2D eigenvalue weighted by Crippen LogP contribution is -2.42. The Labute approximate surface area is 202 Å². The SMILES string of the molecule is O=C(Nc1ccccc1-c1nc2c(CN3CCNCC3)cccc2o1)c1ccc2ccccc2n1. The number of nitrogens with one attached hydrogen (secondary N) is 2. The van der Waals surface area contributed by atoms with E-state index >= 15 is 0 Å². The molecule has 1 aliphatic rings. The highest BCUT2D eigenvalue weighted by molar-refractivity contribution is 6.05. The molecule has 0 radical (unpaired) electrons. The number of anilines is 1. The second-order valence-corrected chi connectivity index (χ2v) is 8.70. The maximum Gasteiger partial charge on any atom is 0.274 e. The number of hydrogen-bond acceptors (Lipinski definition) is 6. The van der Waals surface area contributed by atoms with Gasteiger partial charge in [-0.1, -0.05) is 48.5 Å². The van der Waals surface area contributed by atoms with Gasteiger partial charge in [-0.05, 0) is 35.9 Å². The highest BCUT2D eigenvalue weighted by atomic mass is 16.3. The molecule has 7 nitrogen and oxygen atoms in total. The van der Waals surface area contributed by atoms with Crippen molar-refractivity contribution in [1.29, 1.82) is 0 Å². The maximum absolute atomic E-state index is 13.1. The summed E-state index contributed by atoms with van der Waals surface area (Å²) in [5, 5.41) is 7.38. The molecule has 174 valence electrons. The minimum atomic E-state index is -0.279. The van der Waals surface area contributed by atoms with Crippen LogP contribution in [0.25, 0.3) is 33.5 Å². The Morgan fingerprint density at radius 1 is 0.914 bits per heavy atom. The lowest BCUT2D eigenvalue weighted by Gasteiger charge is -2.27. The molecule has 3 aromatic carbocycles. The van der Waals surface area contributed by atoms with Crippen LogP contribution >= 0.6 is 0 Å². The zero-order chi connectivity index (χ0) is 23.6. The van der Waals surface area contributed by atoms with Gasteiger partial charge in [-0.2, -0.15) is 0 Å². The first-order valence-corrected chi connectivity index (χ1v) is 11.8. The van der Waals surface area contributed by atoms with Gasteiger partial charge in [-0.25, -0.2) is 9.97 Å². The number of oxazole rings is 1. The highest BCUT2D eigenvalue weighted by Gasteiger charge is 2.18. The minimum absolute atomic E-state index is 0.279. The number of rotatable bonds is 5. The van der Waals surface area contributed by atoms with Crippen molar-refractivity contribution >= 4 is 33.6 Å². The molecule has 2 aromatic heterocycles. The fraction of sp³-hybridized carbons (Fsp3) is 0.179. The van der Waals surface area contributed by atoms with Gasteiger partial charge >= 0.3 is 0 Å². The molecule has 0 aliphatic carbocycles. The number of aromatic nitrogens is 2. The van der Waals surface area contributed by atoms with Crippen molar-refractivity contribution < 1.29 is 9.21 Å². The van der Waals surface area contributed by atoms with Crippen molar-refractivity contribution in [3.05, 3.63) is 90.1 Å². The number of para-hydroxylation sites is 3. The lowest BCUT2D eigenvalue weighted by atomic mass is 10.1. The molecule has 0 spiro atoms. The average molecular weight is 464 g/mol. The van der Waals surface area contributed by atoms with Crippen LogP contribution in [0.15, 0.2) is 83.3 Å². The second kappa shape index (κ2) is 9.29. The molecule has 1 aliphatic heterocycles. The van der Waals surface area contributed by atoms with Crippen LogP contribution in [0.4, 0.5) is 5.69 Å². The third-order valence-corrected chi connectivity index (χ3v) is 6.34. The van der Waals surface area contributed by atoms with E-state index in [-0.39, 0.29) is 5.91 Å². The number of carbonyl (C=O) groups excluding carboxylic acids is 1. The van der Waals surface area contributed by atoms with Gasteiger partial charge in [0.25, 0.3) is 5.91 Å². The summed E-state index contributed by atoms with van der Waals surface area (Å²) < 4.78 is 6.16. The predicted octanol–water partition coefficient (Wildman–Crippen LogP) is 4.70. The lowest BCUT2D eigenvalue weighted by molar-refractivity contribution is 0.102. The number of hydrogen-bond donors (Lipinski definition) is 2. The Morgan fingerprint density at radius 3 is 2.66 bits per heavy atom. The van der Waals surface area contributed by atoms with Crippen molar-refractivity contribution in [2.45, 2.75) is 6.54 Å². The largest absolute Gasteiger partial charge is 0.436 e. The fourth-order valence-corrected chi connectivity index (χ4v) is 4.52. The first-order valence-electron chi connectivity index (χ1n) is 11.8. The van der Waals surface area contributed by atoms with Crippen molar-refractivity contribution in [2.75, 3.05) is 31.5 Å². The Morgan fingerprint density at radius 2 is 1.74 bits per heavy atom. The van der Waals surface area contributed by atoms with Gasteiger partial charge in [-0.15, -0.1) is 0 Å². The van der Waals surface area contributed by atoms with E-state index in [0.29, 0.717) is 17.3 Å². The first-order chi connectivity index (χ1) is 17.2. The van der Waals surface area contributed by atoms with Gasteiger partial charge in [0.05, 0.1) is 16.8 Å². The molecule has 6 rings (SSSR count). The van der Waals surface area contributed by atoms with E-state index in [1.807, 2.05) is 66.7 Å². The predicted molar refractivity (Wildman–Crippen MR) is 137 cm³/mol. The summed E-state index contributed by atoms with van der Waals surface area (Å²) in [4.78, 5) is 24.8. The topological polar surface area (TPSA) is 83.3 Å². The summed E-state index contributed by atoms with van der Waals surface area (Å²) in [6.07, 6.45) is 0. The first kappa shape index (κ1) is 21.5. The van der Waals surface area contributed by atoms with Crippen LogP contribution in [-0.2, 0) is 6.54 Å². The van der Waals surface area contributed by atoms with Crippen LogP contribution in [0.3, 0.4) is 0 Å². The number of nitrogens with zero attached hydrogens (tertiary/aromatic N) is 3. The van der Waals surface area contributed by atoms with Gasteiger partial charge in [0.2, 0.25) is 5.89 Å². The summed E-state index contributed by atoms with van der Waals surface area (Å²) >= 11 is 0. The molecule has 0 unspecified atom stereocenters. The fourth-order valence-electron chi connectivity index (χ4n) is 4.52. The van der Waals surface area contributed by atoms with Crippen LogP contribution in [-0.4, -0.2) is 47.0 Å². The molecule has 5 aromatic rings. The number of carbonyl (C=O) groups is 1. The average Bonchev–Trinajstić information content (AvgIpc) is 3.35. The van der Waals surface area contributed by atoms with E-state index in [1.165, 1.54) is 0 Å². The monoisotopic (exact) mass is 463 g/mol. The normalized spacial score (nSPS) is 14.4. The van der Waals surface area contributed by atoms with E-state index in [4.69, 9.17) is 9.40 Å². The van der Waals surface area contributed by atoms with Gasteiger partial charge in [0.15, 0.2) is 5.58 Å². The van der Waals surface area contributed by atoms with Crippen molar-refractivity contribution in [1.82, 2.24) is 20.2 Å². The highest BCUT2D eigenvalue weighted by Crippen LogP contribution is 2.32. The number of fused-ring (bicyclic) bond motifs is 2. The van der Waals surface area contributed by atoms with Crippen LogP contribution < -0.4 is 10.6 Å². The van der Waals surface area contributed by atoms with Crippen LogP contribution in [0.5, 0.6) is 0 Å². The molecule has 0 bridgehead atoms. The number of benzene rings is 3. The molecule has 35 heavy (non-hydrogen) atoms. The van der Waals surface area contributed by atoms with Gasteiger partial charge < -0.3 is 15.1 Å². The Bertz CT molecular complexity index is 1520. The minimum Gasteiger partial charge on any atom is -0.436 e. The van der Waals surface area contributed by atoms with E-state index in [2.05, 4.69) is 26.6 Å². The van der Waals surface area contributed by atoms with E-state index in [0.717, 1.165) is 65.9 Å². The molecular weight excluding hydrogens is 438 g/mol. The summed E-state index contributed by atoms with van der Waals surface area (Å²) in [6.45, 7) is 4.85. The quantitative estimate of drug-likeness (QED) is 0.393. The van der Waals surface area contributed by atoms with Crippen LogP contribution in [0, 0.1) is 0 Å². The second-order valence-electron chi connectivity index (χ2n) is 8.70. The molecule has 1 amide bonds. The van der Waals surface area contributed by atoms with E-state index in [9.17, 15) is 4.79 Å². The maximum atomic E-state index is 13.1. The number of piperazine rings is 1. The molecule has 3 heterocycles. The smallest absolute Gasteiger partial charge is 0.274 e. The zero-order valence-electron chi connectivity index (χ0n) is 19.2. The Balaban J connectivity index is 1.30.